The zero-order valence-corrected chi connectivity index (χ0v) is 10.2. The molecule has 3 N–H and O–H groups in total. The largest absolute Gasteiger partial charge is 0.480 e. The highest BCUT2D eigenvalue weighted by Gasteiger charge is 2.35. The van der Waals surface area contributed by atoms with Gasteiger partial charge in [0.2, 0.25) is 0 Å². The highest BCUT2D eigenvalue weighted by Crippen LogP contribution is 2.15. The smallest absolute Gasteiger partial charge is 0.328 e. The average Bonchev–Trinajstić information content (AvgIpc) is 2.39. The molecule has 0 aromatic rings. The van der Waals surface area contributed by atoms with Crippen LogP contribution in [0.1, 0.15) is 12.8 Å². The summed E-state index contributed by atoms with van der Waals surface area (Å²) >= 11 is 0. The number of amides is 2. The summed E-state index contributed by atoms with van der Waals surface area (Å²) in [5.41, 5.74) is 5.79. The van der Waals surface area contributed by atoms with Gasteiger partial charge in [-0.2, -0.15) is 0 Å². The lowest BCUT2D eigenvalue weighted by Crippen LogP contribution is -2.58. The number of ether oxygens (including phenoxy) is 1. The summed E-state index contributed by atoms with van der Waals surface area (Å²) in [6.45, 7) is 1.99. The van der Waals surface area contributed by atoms with E-state index in [1.165, 1.54) is 4.90 Å². The van der Waals surface area contributed by atoms with Gasteiger partial charge in [-0.1, -0.05) is 0 Å². The van der Waals surface area contributed by atoms with Gasteiger partial charge in [-0.05, 0) is 12.8 Å². The molecule has 0 radical (unpaired) electrons. The van der Waals surface area contributed by atoms with Crippen molar-refractivity contribution in [2.75, 3.05) is 32.8 Å². The van der Waals surface area contributed by atoms with Gasteiger partial charge in [-0.15, -0.1) is 0 Å². The summed E-state index contributed by atoms with van der Waals surface area (Å²) in [6.07, 6.45) is 1.54. The third-order valence-corrected chi connectivity index (χ3v) is 3.47. The number of aliphatic carboxylic acids is 1. The molecule has 2 saturated heterocycles. The van der Waals surface area contributed by atoms with E-state index in [-0.39, 0.29) is 18.7 Å². The molecule has 0 aliphatic carbocycles. The van der Waals surface area contributed by atoms with Crippen LogP contribution in [-0.2, 0) is 9.53 Å². The van der Waals surface area contributed by atoms with Crippen LogP contribution in [0.2, 0.25) is 0 Å². The Labute approximate surface area is 105 Å². The lowest BCUT2D eigenvalue weighted by Gasteiger charge is -2.39. The number of piperidine rings is 1. The van der Waals surface area contributed by atoms with Crippen LogP contribution in [0.5, 0.6) is 0 Å². The van der Waals surface area contributed by atoms with E-state index in [1.54, 1.807) is 4.90 Å². The van der Waals surface area contributed by atoms with Gasteiger partial charge < -0.3 is 25.4 Å². The minimum atomic E-state index is -1.02. The molecule has 2 amide bonds. The number of rotatable bonds is 1. The Hall–Kier alpha value is -1.34. The quantitative estimate of drug-likeness (QED) is 0.648. The van der Waals surface area contributed by atoms with Crippen LogP contribution in [0.15, 0.2) is 0 Å². The number of carbonyl (C=O) groups excluding carboxylic acids is 1. The minimum Gasteiger partial charge on any atom is -0.480 e. The zero-order valence-electron chi connectivity index (χ0n) is 10.2. The van der Waals surface area contributed by atoms with Gasteiger partial charge in [-0.25, -0.2) is 9.59 Å². The van der Waals surface area contributed by atoms with Crippen LogP contribution in [0.3, 0.4) is 0 Å². The van der Waals surface area contributed by atoms with Crippen molar-refractivity contribution in [3.05, 3.63) is 0 Å². The van der Waals surface area contributed by atoms with E-state index < -0.39 is 12.0 Å². The van der Waals surface area contributed by atoms with Crippen LogP contribution >= 0.6 is 0 Å². The maximum absolute atomic E-state index is 12.3. The molecule has 1 unspecified atom stereocenters. The van der Waals surface area contributed by atoms with Crippen molar-refractivity contribution in [3.63, 3.8) is 0 Å². The van der Waals surface area contributed by atoms with E-state index in [2.05, 4.69) is 0 Å². The molecule has 0 aromatic carbocycles. The molecular formula is C11H19N3O4. The van der Waals surface area contributed by atoms with Crippen molar-refractivity contribution in [3.8, 4) is 0 Å². The third-order valence-electron chi connectivity index (χ3n) is 3.47. The van der Waals surface area contributed by atoms with Crippen LogP contribution in [-0.4, -0.2) is 71.8 Å². The number of morpholine rings is 1. The first-order valence-corrected chi connectivity index (χ1v) is 6.21. The molecular weight excluding hydrogens is 238 g/mol. The maximum atomic E-state index is 12.3. The first-order chi connectivity index (χ1) is 8.59. The summed E-state index contributed by atoms with van der Waals surface area (Å²) in [5, 5.41) is 9.09. The topological polar surface area (TPSA) is 96.1 Å². The van der Waals surface area contributed by atoms with Crippen molar-refractivity contribution in [1.82, 2.24) is 9.80 Å². The summed E-state index contributed by atoms with van der Waals surface area (Å²) in [6, 6.07) is -0.937. The molecule has 18 heavy (non-hydrogen) atoms. The zero-order chi connectivity index (χ0) is 13.1. The third kappa shape index (κ3) is 2.73. The molecule has 2 fully saturated rings. The number of urea groups is 1. The standard InChI is InChI=1S/C11H19N3O4/c12-8-1-3-13(4-2-8)11(17)14-5-6-18-7-9(14)10(15)16/h8-9H,1-7,12H2,(H,15,16). The van der Waals surface area contributed by atoms with E-state index >= 15 is 0 Å². The van der Waals surface area contributed by atoms with Gasteiger partial charge in [-0.3, -0.25) is 0 Å². The normalized spacial score (nSPS) is 26.2. The predicted molar refractivity (Wildman–Crippen MR) is 63.1 cm³/mol. The SMILES string of the molecule is NC1CCN(C(=O)N2CCOCC2C(=O)O)CC1. The van der Waals surface area contributed by atoms with Crippen LogP contribution in [0, 0.1) is 0 Å². The molecule has 1 atom stereocenters. The molecule has 102 valence electrons. The van der Waals surface area contributed by atoms with Crippen molar-refractivity contribution < 1.29 is 19.4 Å². The van der Waals surface area contributed by atoms with Gasteiger partial charge in [0, 0.05) is 25.7 Å². The lowest BCUT2D eigenvalue weighted by atomic mass is 10.1. The van der Waals surface area contributed by atoms with E-state index in [0.29, 0.717) is 26.2 Å². The van der Waals surface area contributed by atoms with Gasteiger partial charge in [0.25, 0.3) is 0 Å². The molecule has 0 bridgehead atoms. The summed E-state index contributed by atoms with van der Waals surface area (Å²) in [4.78, 5) is 26.4. The molecule has 2 aliphatic rings. The second-order valence-corrected chi connectivity index (χ2v) is 4.73. The highest BCUT2D eigenvalue weighted by molar-refractivity contribution is 5.83. The Morgan fingerprint density at radius 1 is 1.22 bits per heavy atom. The van der Waals surface area contributed by atoms with Gasteiger partial charge in [0.1, 0.15) is 0 Å². The molecule has 0 saturated carbocycles. The first kappa shape index (κ1) is 13.1. The average molecular weight is 257 g/mol. The Kier molecular flexibility index (Phi) is 4.03. The summed E-state index contributed by atoms with van der Waals surface area (Å²) in [7, 11) is 0. The number of carbonyl (C=O) groups is 2. The van der Waals surface area contributed by atoms with Crippen molar-refractivity contribution >= 4 is 12.0 Å². The molecule has 2 aliphatic heterocycles. The molecule has 7 nitrogen and oxygen atoms in total. The molecule has 0 aromatic heterocycles. The van der Waals surface area contributed by atoms with Crippen LogP contribution in [0.25, 0.3) is 0 Å². The monoisotopic (exact) mass is 257 g/mol. The molecule has 2 rings (SSSR count). The number of hydrogen-bond donors (Lipinski definition) is 2. The fourth-order valence-electron chi connectivity index (χ4n) is 2.31. The number of nitrogens with two attached hydrogens (primary N) is 1. The number of nitrogens with zero attached hydrogens (tertiary/aromatic N) is 2. The van der Waals surface area contributed by atoms with Gasteiger partial charge >= 0.3 is 12.0 Å². The predicted octanol–water partition coefficient (Wildman–Crippen LogP) is -0.685. The Balaban J connectivity index is 2.00. The summed E-state index contributed by atoms with van der Waals surface area (Å²) < 4.78 is 5.11. The van der Waals surface area contributed by atoms with Gasteiger partial charge in [0.05, 0.1) is 13.2 Å². The minimum absolute atomic E-state index is 0.0639. The second kappa shape index (κ2) is 5.53. The second-order valence-electron chi connectivity index (χ2n) is 4.73. The van der Waals surface area contributed by atoms with Crippen LogP contribution in [0.4, 0.5) is 4.79 Å². The van der Waals surface area contributed by atoms with E-state index in [4.69, 9.17) is 15.6 Å². The lowest BCUT2D eigenvalue weighted by molar-refractivity contribution is -0.147. The van der Waals surface area contributed by atoms with Gasteiger partial charge in [0.15, 0.2) is 6.04 Å². The fourth-order valence-corrected chi connectivity index (χ4v) is 2.31. The van der Waals surface area contributed by atoms with E-state index in [1.807, 2.05) is 0 Å². The number of hydrogen-bond acceptors (Lipinski definition) is 4. The Morgan fingerprint density at radius 3 is 2.50 bits per heavy atom. The highest BCUT2D eigenvalue weighted by atomic mass is 16.5. The van der Waals surface area contributed by atoms with E-state index in [9.17, 15) is 9.59 Å². The summed E-state index contributed by atoms with van der Waals surface area (Å²) in [5.74, 6) is -1.02. The maximum Gasteiger partial charge on any atom is 0.328 e. The van der Waals surface area contributed by atoms with Crippen molar-refractivity contribution in [2.45, 2.75) is 24.9 Å². The first-order valence-electron chi connectivity index (χ1n) is 6.21. The Morgan fingerprint density at radius 2 is 1.89 bits per heavy atom. The van der Waals surface area contributed by atoms with Crippen molar-refractivity contribution in [1.29, 1.82) is 0 Å². The molecule has 0 spiro atoms. The molecule has 2 heterocycles. The van der Waals surface area contributed by atoms with Crippen molar-refractivity contribution in [2.24, 2.45) is 5.73 Å². The fraction of sp³-hybridized carbons (Fsp3) is 0.818. The van der Waals surface area contributed by atoms with E-state index in [0.717, 1.165) is 12.8 Å². The number of likely N-dealkylation sites (tertiary alicyclic amines) is 1. The Bertz CT molecular complexity index is 328. The van der Waals surface area contributed by atoms with Crippen LogP contribution < -0.4 is 5.73 Å². The molecule has 7 heteroatoms. The number of carboxylic acids is 1. The number of carboxylic acid groups (broad SMARTS) is 1.